The first-order valence-corrected chi connectivity index (χ1v) is 8.67. The van der Waals surface area contributed by atoms with Crippen molar-refractivity contribution in [3.63, 3.8) is 0 Å². The first kappa shape index (κ1) is 16.8. The summed E-state index contributed by atoms with van der Waals surface area (Å²) in [6, 6.07) is 5.80. The number of aromatic nitrogens is 2. The fraction of sp³-hybridized carbons (Fsp3) is 0.429. The molecule has 0 saturated heterocycles. The average molecular weight is 391 g/mol. The lowest BCUT2D eigenvalue weighted by Gasteiger charge is -2.01. The van der Waals surface area contributed by atoms with E-state index in [1.165, 1.54) is 0 Å². The van der Waals surface area contributed by atoms with Gasteiger partial charge in [-0.25, -0.2) is 0 Å². The SMILES string of the molecule is COCCNCCCc1nnc(-c2ccc(Cl)c(Br)c2)s1. The fourth-order valence-corrected chi connectivity index (χ4v) is 3.14. The number of nitrogens with one attached hydrogen (secondary N) is 1. The van der Waals surface area contributed by atoms with Crippen LogP contribution in [0.5, 0.6) is 0 Å². The van der Waals surface area contributed by atoms with E-state index >= 15 is 0 Å². The number of rotatable bonds is 8. The van der Waals surface area contributed by atoms with Crippen LogP contribution in [0, 0.1) is 0 Å². The highest BCUT2D eigenvalue weighted by Crippen LogP contribution is 2.30. The molecule has 21 heavy (non-hydrogen) atoms. The van der Waals surface area contributed by atoms with Gasteiger partial charge in [0.05, 0.1) is 11.6 Å². The van der Waals surface area contributed by atoms with Crippen molar-refractivity contribution < 1.29 is 4.74 Å². The molecule has 0 unspecified atom stereocenters. The molecule has 0 atom stereocenters. The summed E-state index contributed by atoms with van der Waals surface area (Å²) in [6.45, 7) is 2.59. The van der Waals surface area contributed by atoms with Crippen LogP contribution in [0.25, 0.3) is 10.6 Å². The third kappa shape index (κ3) is 5.30. The van der Waals surface area contributed by atoms with Crippen LogP contribution in [0.4, 0.5) is 0 Å². The molecule has 0 fully saturated rings. The number of methoxy groups -OCH3 is 1. The Morgan fingerprint density at radius 3 is 2.95 bits per heavy atom. The minimum atomic E-state index is 0.700. The summed E-state index contributed by atoms with van der Waals surface area (Å²) in [5.41, 5.74) is 1.04. The maximum Gasteiger partial charge on any atom is 0.147 e. The van der Waals surface area contributed by atoms with Gasteiger partial charge in [-0.05, 0) is 41.0 Å². The first-order chi connectivity index (χ1) is 10.2. The van der Waals surface area contributed by atoms with E-state index in [4.69, 9.17) is 16.3 Å². The fourth-order valence-electron chi connectivity index (χ4n) is 1.76. The Morgan fingerprint density at radius 1 is 1.33 bits per heavy atom. The molecule has 0 bridgehead atoms. The van der Waals surface area contributed by atoms with Gasteiger partial charge in [0.2, 0.25) is 0 Å². The van der Waals surface area contributed by atoms with Crippen molar-refractivity contribution in [2.75, 3.05) is 26.8 Å². The second-order valence-electron chi connectivity index (χ2n) is 4.48. The Morgan fingerprint density at radius 2 is 2.19 bits per heavy atom. The normalized spacial score (nSPS) is 11.0. The van der Waals surface area contributed by atoms with Crippen LogP contribution < -0.4 is 5.32 Å². The van der Waals surface area contributed by atoms with Crippen molar-refractivity contribution in [1.29, 1.82) is 0 Å². The number of nitrogens with zero attached hydrogens (tertiary/aromatic N) is 2. The van der Waals surface area contributed by atoms with Crippen molar-refractivity contribution >= 4 is 38.9 Å². The number of hydrogen-bond donors (Lipinski definition) is 1. The lowest BCUT2D eigenvalue weighted by atomic mass is 10.2. The Hall–Kier alpha value is -0.530. The lowest BCUT2D eigenvalue weighted by molar-refractivity contribution is 0.199. The monoisotopic (exact) mass is 389 g/mol. The minimum absolute atomic E-state index is 0.700. The van der Waals surface area contributed by atoms with Gasteiger partial charge < -0.3 is 10.1 Å². The maximum atomic E-state index is 6.00. The van der Waals surface area contributed by atoms with E-state index in [2.05, 4.69) is 31.4 Å². The zero-order valence-corrected chi connectivity index (χ0v) is 14.9. The Bertz CT molecular complexity index is 579. The van der Waals surface area contributed by atoms with Gasteiger partial charge in [0.1, 0.15) is 10.0 Å². The smallest absolute Gasteiger partial charge is 0.147 e. The van der Waals surface area contributed by atoms with Crippen LogP contribution in [0.1, 0.15) is 11.4 Å². The second-order valence-corrected chi connectivity index (χ2v) is 6.80. The molecule has 0 radical (unpaired) electrons. The molecule has 0 saturated carbocycles. The van der Waals surface area contributed by atoms with Crippen LogP contribution in [-0.2, 0) is 11.2 Å². The second kappa shape index (κ2) is 8.80. The average Bonchev–Trinajstić information content (AvgIpc) is 2.94. The first-order valence-electron chi connectivity index (χ1n) is 6.68. The summed E-state index contributed by atoms with van der Waals surface area (Å²) in [4.78, 5) is 0. The van der Waals surface area contributed by atoms with Crippen molar-refractivity contribution in [2.24, 2.45) is 0 Å². The molecule has 0 spiro atoms. The lowest BCUT2D eigenvalue weighted by Crippen LogP contribution is -2.20. The van der Waals surface area contributed by atoms with Gasteiger partial charge in [-0.2, -0.15) is 0 Å². The highest BCUT2D eigenvalue weighted by atomic mass is 79.9. The molecule has 1 aromatic carbocycles. The number of aryl methyl sites for hydroxylation is 1. The van der Waals surface area contributed by atoms with Gasteiger partial charge in [0.25, 0.3) is 0 Å². The van der Waals surface area contributed by atoms with Crippen LogP contribution in [0.3, 0.4) is 0 Å². The van der Waals surface area contributed by atoms with Crippen LogP contribution in [-0.4, -0.2) is 37.0 Å². The van der Waals surface area contributed by atoms with Gasteiger partial charge in [-0.3, -0.25) is 0 Å². The molecular weight excluding hydrogens is 374 g/mol. The predicted octanol–water partition coefficient (Wildman–Crippen LogP) is 3.79. The van der Waals surface area contributed by atoms with Crippen LogP contribution >= 0.6 is 38.9 Å². The van der Waals surface area contributed by atoms with Gasteiger partial charge in [-0.15, -0.1) is 10.2 Å². The molecule has 0 aliphatic heterocycles. The van der Waals surface area contributed by atoms with E-state index in [1.807, 2.05) is 18.2 Å². The number of benzene rings is 1. The molecule has 0 aliphatic rings. The zero-order chi connectivity index (χ0) is 15.1. The molecular formula is C14H17BrClN3OS. The predicted molar refractivity (Wildman–Crippen MR) is 91.1 cm³/mol. The Kier molecular flexibility index (Phi) is 7.06. The van der Waals surface area contributed by atoms with E-state index in [1.54, 1.807) is 18.4 Å². The van der Waals surface area contributed by atoms with Gasteiger partial charge in [-0.1, -0.05) is 29.0 Å². The van der Waals surface area contributed by atoms with Gasteiger partial charge in [0.15, 0.2) is 0 Å². The number of ether oxygens (including phenoxy) is 1. The van der Waals surface area contributed by atoms with Crippen molar-refractivity contribution in [1.82, 2.24) is 15.5 Å². The molecule has 1 N–H and O–H groups in total. The summed E-state index contributed by atoms with van der Waals surface area (Å²) < 4.78 is 5.86. The third-order valence-corrected chi connectivity index (χ3v) is 5.11. The molecule has 7 heteroatoms. The quantitative estimate of drug-likeness (QED) is 0.697. The topological polar surface area (TPSA) is 47.0 Å². The summed E-state index contributed by atoms with van der Waals surface area (Å²) in [5.74, 6) is 0. The summed E-state index contributed by atoms with van der Waals surface area (Å²) in [5, 5.41) is 14.5. The van der Waals surface area contributed by atoms with E-state index in [9.17, 15) is 0 Å². The molecule has 0 aliphatic carbocycles. The van der Waals surface area contributed by atoms with E-state index in [0.29, 0.717) is 5.02 Å². The number of hydrogen-bond acceptors (Lipinski definition) is 5. The third-order valence-electron chi connectivity index (χ3n) is 2.86. The van der Waals surface area contributed by atoms with Crippen molar-refractivity contribution in [2.45, 2.75) is 12.8 Å². The van der Waals surface area contributed by atoms with Gasteiger partial charge in [0, 0.05) is 30.1 Å². The zero-order valence-electron chi connectivity index (χ0n) is 11.7. The van der Waals surface area contributed by atoms with Crippen molar-refractivity contribution in [3.05, 3.63) is 32.7 Å². The molecule has 1 aromatic heterocycles. The summed E-state index contributed by atoms with van der Waals surface area (Å²) >= 11 is 11.1. The molecule has 114 valence electrons. The highest BCUT2D eigenvalue weighted by molar-refractivity contribution is 9.10. The number of halogens is 2. The molecule has 2 aromatic rings. The molecule has 0 amide bonds. The Balaban J connectivity index is 1.85. The van der Waals surface area contributed by atoms with Crippen molar-refractivity contribution in [3.8, 4) is 10.6 Å². The molecule has 1 heterocycles. The van der Waals surface area contributed by atoms with E-state index < -0.39 is 0 Å². The van der Waals surface area contributed by atoms with Crippen LogP contribution in [0.2, 0.25) is 5.02 Å². The maximum absolute atomic E-state index is 6.00. The highest BCUT2D eigenvalue weighted by Gasteiger charge is 2.08. The van der Waals surface area contributed by atoms with Crippen LogP contribution in [0.15, 0.2) is 22.7 Å². The van der Waals surface area contributed by atoms with Gasteiger partial charge >= 0.3 is 0 Å². The van der Waals surface area contributed by atoms with E-state index in [0.717, 1.165) is 52.6 Å². The standard InChI is InChI=1S/C14H17BrClN3OS/c1-20-8-7-17-6-2-3-13-18-19-14(21-13)10-4-5-12(16)11(15)9-10/h4-5,9,17H,2-3,6-8H2,1H3. The Labute approximate surface area is 142 Å². The summed E-state index contributed by atoms with van der Waals surface area (Å²) in [7, 11) is 1.71. The minimum Gasteiger partial charge on any atom is -0.383 e. The molecule has 2 rings (SSSR count). The molecule has 4 nitrogen and oxygen atoms in total. The van der Waals surface area contributed by atoms with E-state index in [-0.39, 0.29) is 0 Å². The summed E-state index contributed by atoms with van der Waals surface area (Å²) in [6.07, 6.45) is 1.98. The largest absolute Gasteiger partial charge is 0.383 e.